The molecule has 0 radical (unpaired) electrons. The Hall–Kier alpha value is -0.770. The molecule has 4 heteroatoms. The monoisotopic (exact) mass is 244 g/mol. The second kappa shape index (κ2) is 8.39. The molecule has 0 spiro atoms. The summed E-state index contributed by atoms with van der Waals surface area (Å²) >= 11 is 0. The third-order valence-electron chi connectivity index (χ3n) is 2.32. The van der Waals surface area contributed by atoms with Gasteiger partial charge in [0.25, 0.3) is 0 Å². The van der Waals surface area contributed by atoms with Gasteiger partial charge in [0.15, 0.2) is 0 Å². The van der Waals surface area contributed by atoms with Crippen LogP contribution in [0.15, 0.2) is 24.3 Å². The Labute approximate surface area is 104 Å². The number of ether oxygens (including phenoxy) is 1. The summed E-state index contributed by atoms with van der Waals surface area (Å²) in [6.45, 7) is 3.35. The molecule has 0 aromatic heterocycles. The topological polar surface area (TPSA) is 61.3 Å². The second-order valence-corrected chi connectivity index (χ2v) is 3.54. The summed E-state index contributed by atoms with van der Waals surface area (Å²) in [6.07, 6.45) is 1.88. The van der Waals surface area contributed by atoms with E-state index >= 15 is 0 Å². The molecular formula is C12H21ClN2O. The van der Waals surface area contributed by atoms with Crippen LogP contribution in [0.25, 0.3) is 0 Å². The SMILES string of the molecule is CCOc1cccc([C@@H](N)CCCN)c1.Cl. The second-order valence-electron chi connectivity index (χ2n) is 3.54. The zero-order valence-corrected chi connectivity index (χ0v) is 10.5. The molecule has 0 aliphatic heterocycles. The molecule has 1 atom stereocenters. The third kappa shape index (κ3) is 4.84. The van der Waals surface area contributed by atoms with E-state index in [0.717, 1.165) is 24.2 Å². The van der Waals surface area contributed by atoms with Crippen LogP contribution in [0.5, 0.6) is 5.75 Å². The maximum Gasteiger partial charge on any atom is 0.119 e. The average Bonchev–Trinajstić information content (AvgIpc) is 2.27. The Bertz CT molecular complexity index is 294. The quantitative estimate of drug-likeness (QED) is 0.807. The average molecular weight is 245 g/mol. The Morgan fingerprint density at radius 2 is 2.12 bits per heavy atom. The van der Waals surface area contributed by atoms with Crippen LogP contribution < -0.4 is 16.2 Å². The lowest BCUT2D eigenvalue weighted by atomic mass is 10.0. The van der Waals surface area contributed by atoms with Gasteiger partial charge in [0.2, 0.25) is 0 Å². The third-order valence-corrected chi connectivity index (χ3v) is 2.32. The first-order chi connectivity index (χ1) is 7.27. The van der Waals surface area contributed by atoms with Crippen molar-refractivity contribution in [3.05, 3.63) is 29.8 Å². The lowest BCUT2D eigenvalue weighted by molar-refractivity contribution is 0.339. The minimum Gasteiger partial charge on any atom is -0.494 e. The molecule has 0 aliphatic rings. The Morgan fingerprint density at radius 1 is 1.38 bits per heavy atom. The predicted octanol–water partition coefficient (Wildman–Crippen LogP) is 2.25. The van der Waals surface area contributed by atoms with Crippen molar-refractivity contribution < 1.29 is 4.74 Å². The molecule has 0 saturated heterocycles. The number of rotatable bonds is 6. The minimum absolute atomic E-state index is 0. The van der Waals surface area contributed by atoms with Gasteiger partial charge in [-0.15, -0.1) is 12.4 Å². The van der Waals surface area contributed by atoms with Gasteiger partial charge in [0.05, 0.1) is 6.61 Å². The van der Waals surface area contributed by atoms with Crippen LogP contribution >= 0.6 is 12.4 Å². The van der Waals surface area contributed by atoms with E-state index in [1.807, 2.05) is 31.2 Å². The van der Waals surface area contributed by atoms with Crippen LogP contribution in [-0.4, -0.2) is 13.2 Å². The van der Waals surface area contributed by atoms with E-state index < -0.39 is 0 Å². The summed E-state index contributed by atoms with van der Waals surface area (Å²) in [6, 6.07) is 8.02. The largest absolute Gasteiger partial charge is 0.494 e. The normalized spacial score (nSPS) is 11.7. The first-order valence-corrected chi connectivity index (χ1v) is 5.46. The maximum absolute atomic E-state index is 6.04. The predicted molar refractivity (Wildman–Crippen MR) is 70.1 cm³/mol. The molecular weight excluding hydrogens is 224 g/mol. The fourth-order valence-corrected chi connectivity index (χ4v) is 1.51. The molecule has 1 rings (SSSR count). The molecule has 92 valence electrons. The Kier molecular flexibility index (Phi) is 7.99. The molecule has 1 aromatic carbocycles. The summed E-state index contributed by atoms with van der Waals surface area (Å²) in [7, 11) is 0. The fourth-order valence-electron chi connectivity index (χ4n) is 1.51. The van der Waals surface area contributed by atoms with Gasteiger partial charge >= 0.3 is 0 Å². The van der Waals surface area contributed by atoms with Crippen molar-refractivity contribution >= 4 is 12.4 Å². The molecule has 0 bridgehead atoms. The first kappa shape index (κ1) is 15.2. The number of benzene rings is 1. The smallest absolute Gasteiger partial charge is 0.119 e. The van der Waals surface area contributed by atoms with Crippen LogP contribution in [0.3, 0.4) is 0 Å². The van der Waals surface area contributed by atoms with Gasteiger partial charge in [0.1, 0.15) is 5.75 Å². The summed E-state index contributed by atoms with van der Waals surface area (Å²) in [5, 5.41) is 0. The molecule has 0 heterocycles. The van der Waals surface area contributed by atoms with Gasteiger partial charge in [-0.05, 0) is 44.0 Å². The van der Waals surface area contributed by atoms with Crippen molar-refractivity contribution in [2.24, 2.45) is 11.5 Å². The molecule has 4 N–H and O–H groups in total. The lowest BCUT2D eigenvalue weighted by Crippen LogP contribution is -2.12. The number of halogens is 1. The fraction of sp³-hybridized carbons (Fsp3) is 0.500. The molecule has 0 amide bonds. The van der Waals surface area contributed by atoms with Gasteiger partial charge in [-0.3, -0.25) is 0 Å². The van der Waals surface area contributed by atoms with Crippen molar-refractivity contribution in [3.8, 4) is 5.75 Å². The highest BCUT2D eigenvalue weighted by Crippen LogP contribution is 2.20. The highest BCUT2D eigenvalue weighted by molar-refractivity contribution is 5.85. The van der Waals surface area contributed by atoms with Gasteiger partial charge in [0, 0.05) is 6.04 Å². The van der Waals surface area contributed by atoms with Crippen LogP contribution in [0.1, 0.15) is 31.4 Å². The van der Waals surface area contributed by atoms with Crippen molar-refractivity contribution in [2.45, 2.75) is 25.8 Å². The molecule has 0 aliphatic carbocycles. The molecule has 0 unspecified atom stereocenters. The standard InChI is InChI=1S/C12H20N2O.ClH/c1-2-15-11-6-3-5-10(9-11)12(14)7-4-8-13;/h3,5-6,9,12H,2,4,7-8,13-14H2,1H3;1H/t12-;/m0./s1. The van der Waals surface area contributed by atoms with E-state index in [1.54, 1.807) is 0 Å². The van der Waals surface area contributed by atoms with E-state index in [4.69, 9.17) is 16.2 Å². The van der Waals surface area contributed by atoms with E-state index in [0.29, 0.717) is 13.2 Å². The van der Waals surface area contributed by atoms with Crippen molar-refractivity contribution in [1.29, 1.82) is 0 Å². The Morgan fingerprint density at radius 3 is 2.75 bits per heavy atom. The van der Waals surface area contributed by atoms with Crippen LogP contribution in [-0.2, 0) is 0 Å². The van der Waals surface area contributed by atoms with E-state index in [2.05, 4.69) is 0 Å². The summed E-state index contributed by atoms with van der Waals surface area (Å²) < 4.78 is 5.42. The van der Waals surface area contributed by atoms with Crippen molar-refractivity contribution in [1.82, 2.24) is 0 Å². The zero-order chi connectivity index (χ0) is 11.1. The Balaban J connectivity index is 0.00000225. The molecule has 1 aromatic rings. The highest BCUT2D eigenvalue weighted by atomic mass is 35.5. The maximum atomic E-state index is 6.04. The lowest BCUT2D eigenvalue weighted by Gasteiger charge is -2.12. The van der Waals surface area contributed by atoms with Crippen LogP contribution in [0.2, 0.25) is 0 Å². The summed E-state index contributed by atoms with van der Waals surface area (Å²) in [4.78, 5) is 0. The van der Waals surface area contributed by atoms with E-state index in [1.165, 1.54) is 0 Å². The molecule has 16 heavy (non-hydrogen) atoms. The van der Waals surface area contributed by atoms with Gasteiger partial charge in [-0.2, -0.15) is 0 Å². The summed E-state index contributed by atoms with van der Waals surface area (Å²) in [5.41, 5.74) is 12.6. The minimum atomic E-state index is 0. The van der Waals surface area contributed by atoms with Crippen LogP contribution in [0, 0.1) is 0 Å². The van der Waals surface area contributed by atoms with Crippen LogP contribution in [0.4, 0.5) is 0 Å². The van der Waals surface area contributed by atoms with E-state index in [-0.39, 0.29) is 18.4 Å². The number of hydrogen-bond donors (Lipinski definition) is 2. The summed E-state index contributed by atoms with van der Waals surface area (Å²) in [5.74, 6) is 0.887. The van der Waals surface area contributed by atoms with Gasteiger partial charge < -0.3 is 16.2 Å². The molecule has 3 nitrogen and oxygen atoms in total. The first-order valence-electron chi connectivity index (χ1n) is 5.46. The molecule has 0 saturated carbocycles. The van der Waals surface area contributed by atoms with Crippen molar-refractivity contribution in [3.63, 3.8) is 0 Å². The van der Waals surface area contributed by atoms with Gasteiger partial charge in [-0.25, -0.2) is 0 Å². The number of hydrogen-bond acceptors (Lipinski definition) is 3. The number of nitrogens with two attached hydrogens (primary N) is 2. The van der Waals surface area contributed by atoms with E-state index in [9.17, 15) is 0 Å². The van der Waals surface area contributed by atoms with Crippen molar-refractivity contribution in [2.75, 3.05) is 13.2 Å². The molecule has 0 fully saturated rings. The zero-order valence-electron chi connectivity index (χ0n) is 9.69. The highest BCUT2D eigenvalue weighted by Gasteiger charge is 2.05. The van der Waals surface area contributed by atoms with Gasteiger partial charge in [-0.1, -0.05) is 12.1 Å².